The summed E-state index contributed by atoms with van der Waals surface area (Å²) in [7, 11) is 1.91. The highest BCUT2D eigenvalue weighted by Gasteiger charge is 2.13. The van der Waals surface area contributed by atoms with Crippen LogP contribution in [0.2, 0.25) is 0 Å². The second kappa shape index (κ2) is 7.61. The van der Waals surface area contributed by atoms with Gasteiger partial charge in [0.05, 0.1) is 6.20 Å². The lowest BCUT2D eigenvalue weighted by Crippen LogP contribution is -1.92. The van der Waals surface area contributed by atoms with Crippen LogP contribution in [0.1, 0.15) is 11.1 Å². The molecule has 0 unspecified atom stereocenters. The average Bonchev–Trinajstić information content (AvgIpc) is 3.41. The molecular weight excluding hydrogens is 388 g/mol. The van der Waals surface area contributed by atoms with Gasteiger partial charge in [0, 0.05) is 40.7 Å². The van der Waals surface area contributed by atoms with E-state index in [0.29, 0.717) is 5.82 Å². The number of hydrogen-bond acceptors (Lipinski definition) is 4. The molecule has 5 aromatic rings. The summed E-state index contributed by atoms with van der Waals surface area (Å²) in [4.78, 5) is 4.44. The van der Waals surface area contributed by atoms with Crippen molar-refractivity contribution in [3.63, 3.8) is 0 Å². The van der Waals surface area contributed by atoms with E-state index in [9.17, 15) is 0 Å². The van der Waals surface area contributed by atoms with Crippen LogP contribution in [0.4, 0.5) is 5.82 Å². The second-order valence-corrected chi connectivity index (χ2v) is 8.06. The molecule has 0 fully saturated rings. The Balaban J connectivity index is 1.48. The fourth-order valence-electron chi connectivity index (χ4n) is 3.58. The van der Waals surface area contributed by atoms with Gasteiger partial charge in [-0.15, -0.1) is 11.3 Å². The largest absolute Gasteiger partial charge is 0.383 e. The van der Waals surface area contributed by atoms with E-state index >= 15 is 0 Å². The molecule has 5 heteroatoms. The summed E-state index contributed by atoms with van der Waals surface area (Å²) in [5, 5.41) is 7.42. The molecule has 0 spiro atoms. The third-order valence-electron chi connectivity index (χ3n) is 5.14. The van der Waals surface area contributed by atoms with Crippen molar-refractivity contribution in [3.8, 4) is 22.3 Å². The molecule has 0 atom stereocenters. The summed E-state index contributed by atoms with van der Waals surface area (Å²) in [6.45, 7) is 0. The Labute approximate surface area is 178 Å². The second-order valence-electron chi connectivity index (χ2n) is 7.18. The van der Waals surface area contributed by atoms with Crippen molar-refractivity contribution < 1.29 is 0 Å². The van der Waals surface area contributed by atoms with Crippen molar-refractivity contribution in [1.29, 1.82) is 0 Å². The zero-order valence-electron chi connectivity index (χ0n) is 16.5. The molecule has 0 saturated carbocycles. The van der Waals surface area contributed by atoms with Gasteiger partial charge in [0.25, 0.3) is 0 Å². The summed E-state index contributed by atoms with van der Waals surface area (Å²) in [6, 6.07) is 19.0. The molecule has 2 N–H and O–H groups in total. The van der Waals surface area contributed by atoms with E-state index in [4.69, 9.17) is 5.73 Å². The van der Waals surface area contributed by atoms with Gasteiger partial charge in [0.1, 0.15) is 5.82 Å². The first-order valence-corrected chi connectivity index (χ1v) is 10.6. The molecule has 4 nitrogen and oxygen atoms in total. The van der Waals surface area contributed by atoms with Gasteiger partial charge in [-0.1, -0.05) is 66.7 Å². The minimum Gasteiger partial charge on any atom is -0.383 e. The van der Waals surface area contributed by atoms with Gasteiger partial charge in [0.15, 0.2) is 0 Å². The van der Waals surface area contributed by atoms with Crippen LogP contribution in [-0.2, 0) is 7.05 Å². The molecule has 0 aliphatic rings. The van der Waals surface area contributed by atoms with Crippen molar-refractivity contribution in [2.24, 2.45) is 7.05 Å². The average molecular weight is 409 g/mol. The molecule has 0 bridgehead atoms. The summed E-state index contributed by atoms with van der Waals surface area (Å²) >= 11 is 1.69. The first kappa shape index (κ1) is 18.3. The third-order valence-corrected chi connectivity index (χ3v) is 6.17. The zero-order valence-corrected chi connectivity index (χ0v) is 17.3. The van der Waals surface area contributed by atoms with Crippen LogP contribution < -0.4 is 5.73 Å². The number of nitrogen functional groups attached to an aromatic ring is 1. The molecule has 0 radical (unpaired) electrons. The van der Waals surface area contributed by atoms with E-state index in [1.165, 1.54) is 11.1 Å². The Bertz CT molecular complexity index is 1350. The number of nitrogens with two attached hydrogens (primary N) is 1. The van der Waals surface area contributed by atoms with E-state index in [-0.39, 0.29) is 0 Å². The zero-order chi connectivity index (χ0) is 20.5. The van der Waals surface area contributed by atoms with Crippen molar-refractivity contribution in [2.45, 2.75) is 0 Å². The van der Waals surface area contributed by atoms with Gasteiger partial charge in [-0.05, 0) is 27.6 Å². The molecule has 2 aromatic carbocycles. The number of thiophene rings is 1. The third kappa shape index (κ3) is 3.40. The maximum absolute atomic E-state index is 6.25. The van der Waals surface area contributed by atoms with Crippen molar-refractivity contribution >= 4 is 39.4 Å². The monoisotopic (exact) mass is 408 g/mol. The minimum atomic E-state index is 0.554. The van der Waals surface area contributed by atoms with E-state index in [1.54, 1.807) is 16.0 Å². The SMILES string of the molecule is Cn1cc(-c2cnc(N)c3c(C=Cc4ccc(-c5ccccc5)cc4)csc23)cn1. The van der Waals surface area contributed by atoms with E-state index in [0.717, 1.165) is 32.3 Å². The lowest BCUT2D eigenvalue weighted by atomic mass is 10.0. The van der Waals surface area contributed by atoms with Gasteiger partial charge in [-0.2, -0.15) is 5.10 Å². The highest BCUT2D eigenvalue weighted by atomic mass is 32.1. The van der Waals surface area contributed by atoms with Crippen LogP contribution in [0, 0.1) is 0 Å². The molecule has 3 heterocycles. The van der Waals surface area contributed by atoms with Crippen LogP contribution in [0.15, 0.2) is 78.6 Å². The van der Waals surface area contributed by atoms with Crippen molar-refractivity contribution in [2.75, 3.05) is 5.73 Å². The highest BCUT2D eigenvalue weighted by molar-refractivity contribution is 7.18. The van der Waals surface area contributed by atoms with E-state index in [1.807, 2.05) is 31.7 Å². The number of aryl methyl sites for hydroxylation is 1. The Morgan fingerprint density at radius 1 is 0.900 bits per heavy atom. The van der Waals surface area contributed by atoms with Crippen LogP contribution in [-0.4, -0.2) is 14.8 Å². The fourth-order valence-corrected chi connectivity index (χ4v) is 4.66. The Morgan fingerprint density at radius 2 is 1.67 bits per heavy atom. The maximum Gasteiger partial charge on any atom is 0.132 e. The summed E-state index contributed by atoms with van der Waals surface area (Å²) in [5.74, 6) is 0.554. The lowest BCUT2D eigenvalue weighted by molar-refractivity contribution is 0.768. The Hall–Kier alpha value is -3.70. The summed E-state index contributed by atoms with van der Waals surface area (Å²) in [5.41, 5.74) is 13.0. The number of hydrogen-bond donors (Lipinski definition) is 1. The fraction of sp³-hybridized carbons (Fsp3) is 0.0400. The number of nitrogens with zero attached hydrogens (tertiary/aromatic N) is 3. The number of anilines is 1. The smallest absolute Gasteiger partial charge is 0.132 e. The Morgan fingerprint density at radius 3 is 2.40 bits per heavy atom. The van der Waals surface area contributed by atoms with E-state index < -0.39 is 0 Å². The molecule has 146 valence electrons. The maximum atomic E-state index is 6.25. The first-order chi connectivity index (χ1) is 14.7. The first-order valence-electron chi connectivity index (χ1n) is 9.67. The summed E-state index contributed by atoms with van der Waals surface area (Å²) in [6.07, 6.45) is 9.92. The number of fused-ring (bicyclic) bond motifs is 1. The van der Waals surface area contributed by atoms with Gasteiger partial charge < -0.3 is 5.73 Å². The molecule has 0 amide bonds. The molecular formula is C25H20N4S. The minimum absolute atomic E-state index is 0.554. The molecule has 0 aliphatic heterocycles. The highest BCUT2D eigenvalue weighted by Crippen LogP contribution is 2.38. The normalized spacial score (nSPS) is 11.5. The van der Waals surface area contributed by atoms with Crippen molar-refractivity contribution in [1.82, 2.24) is 14.8 Å². The van der Waals surface area contributed by atoms with Gasteiger partial charge in [-0.25, -0.2) is 4.98 Å². The van der Waals surface area contributed by atoms with Gasteiger partial charge in [0.2, 0.25) is 0 Å². The molecule has 0 saturated heterocycles. The topological polar surface area (TPSA) is 56.7 Å². The van der Waals surface area contributed by atoms with E-state index in [2.05, 4.69) is 76.1 Å². The number of rotatable bonds is 4. The van der Waals surface area contributed by atoms with Crippen molar-refractivity contribution in [3.05, 3.63) is 89.7 Å². The standard InChI is InChI=1S/C25H20N4S/c1-29-15-21(13-28-29)22-14-27-25(26)23-20(16-30-24(22)23)12-9-17-7-10-19(11-8-17)18-5-3-2-4-6-18/h2-16H,1H3,(H2,26,27). The predicted octanol–water partition coefficient (Wildman–Crippen LogP) is 6.12. The lowest BCUT2D eigenvalue weighted by Gasteiger charge is -2.03. The van der Waals surface area contributed by atoms with Crippen LogP contribution in [0.25, 0.3) is 44.5 Å². The molecule has 5 rings (SSSR count). The van der Waals surface area contributed by atoms with Gasteiger partial charge >= 0.3 is 0 Å². The number of aromatic nitrogens is 3. The Kier molecular flexibility index (Phi) is 4.65. The van der Waals surface area contributed by atoms with Crippen LogP contribution in [0.3, 0.4) is 0 Å². The molecule has 30 heavy (non-hydrogen) atoms. The van der Waals surface area contributed by atoms with Crippen LogP contribution >= 0.6 is 11.3 Å². The predicted molar refractivity (Wildman–Crippen MR) is 127 cm³/mol. The molecule has 0 aliphatic carbocycles. The summed E-state index contributed by atoms with van der Waals surface area (Å²) < 4.78 is 2.93. The van der Waals surface area contributed by atoms with Crippen LogP contribution in [0.5, 0.6) is 0 Å². The number of benzene rings is 2. The number of pyridine rings is 1. The quantitative estimate of drug-likeness (QED) is 0.390. The molecule has 3 aromatic heterocycles. The van der Waals surface area contributed by atoms with Gasteiger partial charge in [-0.3, -0.25) is 4.68 Å².